The Morgan fingerprint density at radius 1 is 1.56 bits per heavy atom. The molecule has 1 aromatic rings. The lowest BCUT2D eigenvalue weighted by molar-refractivity contribution is -0.0408. The van der Waals surface area contributed by atoms with Crippen LogP contribution in [0.25, 0.3) is 0 Å². The Morgan fingerprint density at radius 3 is 3.11 bits per heavy atom. The Hall–Kier alpha value is -0.550. The van der Waals surface area contributed by atoms with E-state index in [0.29, 0.717) is 6.42 Å². The van der Waals surface area contributed by atoms with Gasteiger partial charge in [-0.1, -0.05) is 6.92 Å². The Balaban J connectivity index is 1.92. The standard InChI is InChI=1S/C13H20F2N2S/c1-2-16-7-5-11-9-18-12(17-11)10-4-3-6-13(14,15)8-10/h9-10,16H,2-8H2,1H3. The SMILES string of the molecule is CCNCCc1csc(C2CCCC(F)(F)C2)n1. The number of thiazole rings is 1. The third kappa shape index (κ3) is 3.72. The zero-order valence-corrected chi connectivity index (χ0v) is 11.5. The molecule has 18 heavy (non-hydrogen) atoms. The van der Waals surface area contributed by atoms with Gasteiger partial charge in [0.15, 0.2) is 0 Å². The lowest BCUT2D eigenvalue weighted by Crippen LogP contribution is -2.24. The molecule has 1 saturated carbocycles. The van der Waals surface area contributed by atoms with E-state index in [1.165, 1.54) is 0 Å². The zero-order chi connectivity index (χ0) is 13.0. The van der Waals surface area contributed by atoms with Crippen LogP contribution >= 0.6 is 11.3 Å². The number of halogens is 2. The third-order valence-electron chi connectivity index (χ3n) is 3.37. The molecular weight excluding hydrogens is 254 g/mol. The van der Waals surface area contributed by atoms with Crippen LogP contribution in [0.1, 0.15) is 49.2 Å². The van der Waals surface area contributed by atoms with Gasteiger partial charge in [-0.15, -0.1) is 11.3 Å². The topological polar surface area (TPSA) is 24.9 Å². The van der Waals surface area contributed by atoms with Crippen molar-refractivity contribution in [1.82, 2.24) is 10.3 Å². The number of hydrogen-bond acceptors (Lipinski definition) is 3. The number of aromatic nitrogens is 1. The summed E-state index contributed by atoms with van der Waals surface area (Å²) in [4.78, 5) is 4.52. The quantitative estimate of drug-likeness (QED) is 0.830. The van der Waals surface area contributed by atoms with E-state index in [4.69, 9.17) is 0 Å². The largest absolute Gasteiger partial charge is 0.317 e. The zero-order valence-electron chi connectivity index (χ0n) is 10.7. The van der Waals surface area contributed by atoms with Crippen molar-refractivity contribution in [3.63, 3.8) is 0 Å². The third-order valence-corrected chi connectivity index (χ3v) is 4.42. The molecular formula is C13H20F2N2S. The van der Waals surface area contributed by atoms with Gasteiger partial charge in [-0.25, -0.2) is 13.8 Å². The summed E-state index contributed by atoms with van der Waals surface area (Å²) in [6.07, 6.45) is 2.38. The summed E-state index contributed by atoms with van der Waals surface area (Å²) < 4.78 is 26.7. The maximum Gasteiger partial charge on any atom is 0.248 e. The summed E-state index contributed by atoms with van der Waals surface area (Å²) in [5.74, 6) is -2.52. The fraction of sp³-hybridized carbons (Fsp3) is 0.769. The van der Waals surface area contributed by atoms with Gasteiger partial charge >= 0.3 is 0 Å². The molecule has 1 unspecified atom stereocenters. The van der Waals surface area contributed by atoms with Crippen LogP contribution < -0.4 is 5.32 Å². The van der Waals surface area contributed by atoms with Gasteiger partial charge in [-0.2, -0.15) is 0 Å². The first-order chi connectivity index (χ1) is 8.61. The van der Waals surface area contributed by atoms with Crippen molar-refractivity contribution in [1.29, 1.82) is 0 Å². The molecule has 0 bridgehead atoms. The predicted octanol–water partition coefficient (Wildman–Crippen LogP) is 3.59. The second kappa shape index (κ2) is 6.06. The van der Waals surface area contributed by atoms with E-state index in [9.17, 15) is 8.78 Å². The summed E-state index contributed by atoms with van der Waals surface area (Å²) in [6.45, 7) is 3.92. The van der Waals surface area contributed by atoms with Crippen LogP contribution in [0.15, 0.2) is 5.38 Å². The molecule has 5 heteroatoms. The minimum absolute atomic E-state index is 0.0207. The van der Waals surface area contributed by atoms with E-state index in [1.54, 1.807) is 11.3 Å². The van der Waals surface area contributed by atoms with Crippen molar-refractivity contribution in [2.45, 2.75) is 50.9 Å². The molecule has 0 spiro atoms. The first kappa shape index (κ1) is 13.9. The molecule has 2 rings (SSSR count). The van der Waals surface area contributed by atoms with E-state index in [0.717, 1.165) is 36.6 Å². The van der Waals surface area contributed by atoms with Crippen LogP contribution in [-0.4, -0.2) is 24.0 Å². The molecule has 1 aliphatic rings. The molecule has 0 radical (unpaired) electrons. The van der Waals surface area contributed by atoms with Crippen molar-refractivity contribution in [3.05, 3.63) is 16.1 Å². The Morgan fingerprint density at radius 2 is 2.39 bits per heavy atom. The van der Waals surface area contributed by atoms with E-state index in [-0.39, 0.29) is 18.8 Å². The van der Waals surface area contributed by atoms with Crippen molar-refractivity contribution in [2.24, 2.45) is 0 Å². The van der Waals surface area contributed by atoms with Crippen molar-refractivity contribution >= 4 is 11.3 Å². The number of alkyl halides is 2. The van der Waals surface area contributed by atoms with Gasteiger partial charge < -0.3 is 5.32 Å². The Labute approximate surface area is 111 Å². The molecule has 1 heterocycles. The summed E-state index contributed by atoms with van der Waals surface area (Å²) >= 11 is 1.54. The highest BCUT2D eigenvalue weighted by Gasteiger charge is 2.37. The van der Waals surface area contributed by atoms with E-state index in [1.807, 2.05) is 5.38 Å². The first-order valence-electron chi connectivity index (χ1n) is 6.63. The molecule has 1 aliphatic carbocycles. The van der Waals surface area contributed by atoms with E-state index in [2.05, 4.69) is 17.2 Å². The fourth-order valence-corrected chi connectivity index (χ4v) is 3.39. The molecule has 102 valence electrons. The molecule has 0 amide bonds. The van der Waals surface area contributed by atoms with Crippen molar-refractivity contribution in [3.8, 4) is 0 Å². The van der Waals surface area contributed by atoms with Crippen LogP contribution in [0.2, 0.25) is 0 Å². The summed E-state index contributed by atoms with van der Waals surface area (Å²) in [7, 11) is 0. The van der Waals surface area contributed by atoms with Crippen LogP contribution in [0, 0.1) is 0 Å². The second-order valence-corrected chi connectivity index (χ2v) is 5.82. The Kier molecular flexibility index (Phi) is 4.67. The average molecular weight is 274 g/mol. The monoisotopic (exact) mass is 274 g/mol. The van der Waals surface area contributed by atoms with Crippen LogP contribution in [0.4, 0.5) is 8.78 Å². The minimum atomic E-state index is -2.49. The smallest absolute Gasteiger partial charge is 0.248 e. The van der Waals surface area contributed by atoms with Crippen molar-refractivity contribution < 1.29 is 8.78 Å². The molecule has 0 saturated heterocycles. The highest BCUT2D eigenvalue weighted by Crippen LogP contribution is 2.42. The number of nitrogens with one attached hydrogen (secondary N) is 1. The summed E-state index contributed by atoms with van der Waals surface area (Å²) in [6, 6.07) is 0. The normalized spacial score (nSPS) is 23.2. The van der Waals surface area contributed by atoms with Gasteiger partial charge in [-0.05, 0) is 19.4 Å². The van der Waals surface area contributed by atoms with Crippen LogP contribution in [0.3, 0.4) is 0 Å². The summed E-state index contributed by atoms with van der Waals surface area (Å²) in [5, 5.41) is 6.16. The summed E-state index contributed by atoms with van der Waals surface area (Å²) in [5.41, 5.74) is 1.03. The molecule has 1 N–H and O–H groups in total. The van der Waals surface area contributed by atoms with E-state index < -0.39 is 5.92 Å². The number of rotatable bonds is 5. The molecule has 2 nitrogen and oxygen atoms in total. The molecule has 1 atom stereocenters. The van der Waals surface area contributed by atoms with Gasteiger partial charge in [0.05, 0.1) is 10.7 Å². The number of hydrogen-bond donors (Lipinski definition) is 1. The fourth-order valence-electron chi connectivity index (χ4n) is 2.40. The molecule has 0 aliphatic heterocycles. The van der Waals surface area contributed by atoms with Crippen molar-refractivity contribution in [2.75, 3.05) is 13.1 Å². The Bertz CT molecular complexity index is 379. The predicted molar refractivity (Wildman–Crippen MR) is 70.5 cm³/mol. The lowest BCUT2D eigenvalue weighted by atomic mass is 9.87. The van der Waals surface area contributed by atoms with Gasteiger partial charge in [0, 0.05) is 37.1 Å². The van der Waals surface area contributed by atoms with Gasteiger partial charge in [0.2, 0.25) is 5.92 Å². The first-order valence-corrected chi connectivity index (χ1v) is 7.51. The average Bonchev–Trinajstić information content (AvgIpc) is 2.77. The minimum Gasteiger partial charge on any atom is -0.317 e. The molecule has 1 aromatic heterocycles. The molecule has 1 fully saturated rings. The van der Waals surface area contributed by atoms with Crippen LogP contribution in [0.5, 0.6) is 0 Å². The maximum atomic E-state index is 13.4. The molecule has 0 aromatic carbocycles. The van der Waals surface area contributed by atoms with Gasteiger partial charge in [-0.3, -0.25) is 0 Å². The van der Waals surface area contributed by atoms with Gasteiger partial charge in [0.25, 0.3) is 0 Å². The van der Waals surface area contributed by atoms with Gasteiger partial charge in [0.1, 0.15) is 0 Å². The van der Waals surface area contributed by atoms with Crippen LogP contribution in [-0.2, 0) is 6.42 Å². The number of likely N-dealkylation sites (N-methyl/N-ethyl adjacent to an activating group) is 1. The number of nitrogens with zero attached hydrogens (tertiary/aromatic N) is 1. The lowest BCUT2D eigenvalue weighted by Gasteiger charge is -2.27. The van der Waals surface area contributed by atoms with E-state index >= 15 is 0 Å². The highest BCUT2D eigenvalue weighted by molar-refractivity contribution is 7.09. The maximum absolute atomic E-state index is 13.4. The highest BCUT2D eigenvalue weighted by atomic mass is 32.1. The second-order valence-electron chi connectivity index (χ2n) is 4.93.